The van der Waals surface area contributed by atoms with Crippen LogP contribution >= 0.6 is 0 Å². The lowest BCUT2D eigenvalue weighted by Crippen LogP contribution is -2.27. The molecule has 0 aliphatic carbocycles. The van der Waals surface area contributed by atoms with E-state index in [4.69, 9.17) is 11.5 Å². The molecule has 0 fully saturated rings. The molecule has 2 amide bonds. The summed E-state index contributed by atoms with van der Waals surface area (Å²) in [6, 6.07) is 7.35. The van der Waals surface area contributed by atoms with E-state index in [9.17, 15) is 9.59 Å². The Balaban J connectivity index is 1.12. The topological polar surface area (TPSA) is 197 Å². The van der Waals surface area contributed by atoms with Crippen LogP contribution in [0, 0.1) is 23.7 Å². The predicted molar refractivity (Wildman–Crippen MR) is 146 cm³/mol. The Hall–Kier alpha value is -6.02. The second-order valence-electron chi connectivity index (χ2n) is 8.31. The summed E-state index contributed by atoms with van der Waals surface area (Å²) in [5.74, 6) is 11.9. The summed E-state index contributed by atoms with van der Waals surface area (Å²) in [7, 11) is 0. The van der Waals surface area contributed by atoms with Gasteiger partial charge in [-0.15, -0.1) is 0 Å². The Morgan fingerprint density at radius 1 is 0.700 bits per heavy atom. The fraction of sp³-hybridized carbons (Fsp3) is 0.154. The van der Waals surface area contributed by atoms with Crippen molar-refractivity contribution in [2.75, 3.05) is 24.6 Å². The monoisotopic (exact) mass is 534 g/mol. The van der Waals surface area contributed by atoms with Gasteiger partial charge in [-0.3, -0.25) is 9.59 Å². The van der Waals surface area contributed by atoms with Crippen molar-refractivity contribution in [1.82, 2.24) is 49.7 Å². The van der Waals surface area contributed by atoms with Gasteiger partial charge in [0.2, 0.25) is 11.8 Å². The molecule has 6 N–H and O–H groups in total. The molecule has 5 rings (SSSR count). The van der Waals surface area contributed by atoms with Crippen molar-refractivity contribution < 1.29 is 9.59 Å². The number of hydrogen-bond donors (Lipinski definition) is 4. The number of amides is 2. The molecule has 4 heterocycles. The molecule has 0 atom stereocenters. The lowest BCUT2D eigenvalue weighted by Gasteiger charge is -2.04. The number of anilines is 2. The summed E-state index contributed by atoms with van der Waals surface area (Å²) in [4.78, 5) is 49.0. The van der Waals surface area contributed by atoms with Gasteiger partial charge in [-0.2, -0.15) is 0 Å². The highest BCUT2D eigenvalue weighted by Crippen LogP contribution is 2.14. The quantitative estimate of drug-likeness (QED) is 0.205. The van der Waals surface area contributed by atoms with E-state index in [1.165, 1.54) is 25.3 Å². The van der Waals surface area contributed by atoms with Crippen molar-refractivity contribution in [3.63, 3.8) is 0 Å². The molecular weight excluding hydrogens is 512 g/mol. The average molecular weight is 535 g/mol. The zero-order valence-corrected chi connectivity index (χ0v) is 21.0. The molecule has 4 aromatic heterocycles. The Morgan fingerprint density at radius 2 is 1.15 bits per heavy atom. The molecular formula is C26H22N12O2. The van der Waals surface area contributed by atoms with Gasteiger partial charge in [0.1, 0.15) is 36.8 Å². The number of benzene rings is 1. The molecule has 0 radical (unpaired) electrons. The van der Waals surface area contributed by atoms with Gasteiger partial charge in [0.15, 0.2) is 22.9 Å². The van der Waals surface area contributed by atoms with Crippen LogP contribution in [0.15, 0.2) is 49.6 Å². The number of aromatic nitrogens is 8. The highest BCUT2D eigenvalue weighted by molar-refractivity contribution is 5.84. The first-order valence-corrected chi connectivity index (χ1v) is 11.9. The van der Waals surface area contributed by atoms with Crippen LogP contribution in [0.5, 0.6) is 0 Å². The van der Waals surface area contributed by atoms with Crippen molar-refractivity contribution in [3.05, 3.63) is 60.7 Å². The van der Waals surface area contributed by atoms with Gasteiger partial charge in [-0.1, -0.05) is 35.8 Å². The fourth-order valence-electron chi connectivity index (χ4n) is 3.72. The van der Waals surface area contributed by atoms with Crippen LogP contribution in [0.2, 0.25) is 0 Å². The van der Waals surface area contributed by atoms with Crippen LogP contribution in [0.25, 0.3) is 22.3 Å². The third-order valence-corrected chi connectivity index (χ3v) is 5.61. The SMILES string of the molecule is Nc1ncnc2c1ncn2CC(=O)NCC#Cc1ccccc1C#CCNC(=O)Cn1cnc2c(N)ncnc21. The number of nitrogens with one attached hydrogen (secondary N) is 2. The van der Waals surface area contributed by atoms with Crippen LogP contribution in [-0.2, 0) is 22.7 Å². The smallest absolute Gasteiger partial charge is 0.240 e. The summed E-state index contributed by atoms with van der Waals surface area (Å²) in [5.41, 5.74) is 14.8. The molecule has 14 heteroatoms. The van der Waals surface area contributed by atoms with Gasteiger partial charge in [-0.25, -0.2) is 29.9 Å². The molecule has 40 heavy (non-hydrogen) atoms. The van der Waals surface area contributed by atoms with Crippen LogP contribution in [0.1, 0.15) is 11.1 Å². The van der Waals surface area contributed by atoms with Gasteiger partial charge in [0.05, 0.1) is 25.7 Å². The van der Waals surface area contributed by atoms with E-state index in [2.05, 4.69) is 64.2 Å². The molecule has 0 saturated carbocycles. The predicted octanol–water partition coefficient (Wildman–Crippen LogP) is -0.534. The van der Waals surface area contributed by atoms with Gasteiger partial charge in [0.25, 0.3) is 0 Å². The zero-order valence-electron chi connectivity index (χ0n) is 21.0. The molecule has 0 unspecified atom stereocenters. The molecule has 1 aromatic carbocycles. The molecule has 0 aliphatic rings. The van der Waals surface area contributed by atoms with Crippen molar-refractivity contribution in [3.8, 4) is 23.7 Å². The number of fused-ring (bicyclic) bond motifs is 2. The molecule has 5 aromatic rings. The minimum Gasteiger partial charge on any atom is -0.382 e. The fourth-order valence-corrected chi connectivity index (χ4v) is 3.72. The third kappa shape index (κ3) is 5.76. The molecule has 0 saturated heterocycles. The van der Waals surface area contributed by atoms with Crippen LogP contribution in [0.3, 0.4) is 0 Å². The molecule has 0 bridgehead atoms. The molecule has 0 spiro atoms. The normalized spacial score (nSPS) is 10.4. The number of hydrogen-bond acceptors (Lipinski definition) is 10. The highest BCUT2D eigenvalue weighted by Gasteiger charge is 2.11. The van der Waals surface area contributed by atoms with E-state index in [-0.39, 0.29) is 49.6 Å². The molecule has 14 nitrogen and oxygen atoms in total. The number of imidazole rings is 2. The maximum Gasteiger partial charge on any atom is 0.240 e. The van der Waals surface area contributed by atoms with E-state index >= 15 is 0 Å². The van der Waals surface area contributed by atoms with Crippen molar-refractivity contribution in [2.45, 2.75) is 13.1 Å². The van der Waals surface area contributed by atoms with Crippen LogP contribution in [-0.4, -0.2) is 63.9 Å². The van der Waals surface area contributed by atoms with Crippen molar-refractivity contribution in [2.24, 2.45) is 0 Å². The summed E-state index contributed by atoms with van der Waals surface area (Å²) in [6.07, 6.45) is 5.62. The summed E-state index contributed by atoms with van der Waals surface area (Å²) >= 11 is 0. The molecule has 198 valence electrons. The number of carbonyl (C=O) groups is 2. The van der Waals surface area contributed by atoms with E-state index in [1.807, 2.05) is 24.3 Å². The number of nitrogens with zero attached hydrogens (tertiary/aromatic N) is 8. The Labute approximate surface area is 227 Å². The van der Waals surface area contributed by atoms with Crippen LogP contribution < -0.4 is 22.1 Å². The Kier molecular flexibility index (Phi) is 7.41. The highest BCUT2D eigenvalue weighted by atomic mass is 16.2. The zero-order chi connectivity index (χ0) is 27.9. The lowest BCUT2D eigenvalue weighted by molar-refractivity contribution is -0.122. The summed E-state index contributed by atoms with van der Waals surface area (Å²) in [6.45, 7) is 0.308. The first-order valence-electron chi connectivity index (χ1n) is 11.9. The van der Waals surface area contributed by atoms with E-state index in [1.54, 1.807) is 9.13 Å². The first kappa shape index (κ1) is 25.6. The Bertz CT molecular complexity index is 1720. The Morgan fingerprint density at radius 3 is 1.60 bits per heavy atom. The van der Waals surface area contributed by atoms with Gasteiger partial charge >= 0.3 is 0 Å². The van der Waals surface area contributed by atoms with Crippen molar-refractivity contribution in [1.29, 1.82) is 0 Å². The number of rotatable bonds is 6. The van der Waals surface area contributed by atoms with Crippen molar-refractivity contribution >= 4 is 45.8 Å². The van der Waals surface area contributed by atoms with Gasteiger partial charge < -0.3 is 31.2 Å². The second-order valence-corrected chi connectivity index (χ2v) is 8.31. The number of nitrogen functional groups attached to an aromatic ring is 2. The van der Waals surface area contributed by atoms with E-state index < -0.39 is 0 Å². The number of carbonyl (C=O) groups excluding carboxylic acids is 2. The van der Waals surface area contributed by atoms with Gasteiger partial charge in [0, 0.05) is 11.1 Å². The average Bonchev–Trinajstić information content (AvgIpc) is 3.55. The minimum atomic E-state index is -0.255. The van der Waals surface area contributed by atoms with Gasteiger partial charge in [-0.05, 0) is 12.1 Å². The summed E-state index contributed by atoms with van der Waals surface area (Å²) in [5, 5.41) is 5.49. The standard InChI is InChI=1S/C26H22N12O2/c27-23-21-25(33-13-31-23)37(15-35-21)11-19(39)29-9-3-7-17-5-1-2-6-18(17)8-4-10-30-20(40)12-38-16-36-22-24(28)32-14-34-26(22)38/h1-2,5-6,13-16H,9-12H2,(H,29,39)(H,30,40)(H2,27,31,33)(H2,28,32,34). The maximum absolute atomic E-state index is 12.4. The number of nitrogens with two attached hydrogens (primary N) is 2. The lowest BCUT2D eigenvalue weighted by atomic mass is 10.1. The third-order valence-electron chi connectivity index (χ3n) is 5.61. The maximum atomic E-state index is 12.4. The van der Waals surface area contributed by atoms with E-state index in [0.29, 0.717) is 33.5 Å². The van der Waals surface area contributed by atoms with Crippen LogP contribution in [0.4, 0.5) is 11.6 Å². The molecule has 0 aliphatic heterocycles. The second kappa shape index (κ2) is 11.6. The summed E-state index contributed by atoms with van der Waals surface area (Å²) < 4.78 is 3.17. The minimum absolute atomic E-state index is 0.0151. The first-order chi connectivity index (χ1) is 19.5. The van der Waals surface area contributed by atoms with E-state index in [0.717, 1.165) is 0 Å². The largest absolute Gasteiger partial charge is 0.382 e.